The normalized spacial score (nSPS) is 10.4. The first-order valence-electron chi connectivity index (χ1n) is 4.04. The second-order valence-electron chi connectivity index (χ2n) is 2.56. The molecular weight excluding hydrogens is 202 g/mol. The third kappa shape index (κ3) is 2.85. The van der Waals surface area contributed by atoms with Crippen LogP contribution in [0.2, 0.25) is 0 Å². The van der Waals surface area contributed by atoms with Crippen molar-refractivity contribution in [2.24, 2.45) is 0 Å². The van der Waals surface area contributed by atoms with Gasteiger partial charge in [-0.05, 0) is 11.6 Å². The van der Waals surface area contributed by atoms with Gasteiger partial charge in [-0.1, -0.05) is 12.2 Å². The summed E-state index contributed by atoms with van der Waals surface area (Å²) in [6.45, 7) is 0. The molecule has 0 radical (unpaired) electrons. The molecule has 0 aliphatic rings. The Morgan fingerprint density at radius 1 is 1.64 bits per heavy atom. The number of nitrogens with zero attached hydrogens (tertiary/aromatic N) is 1. The van der Waals surface area contributed by atoms with Crippen molar-refractivity contribution in [1.82, 2.24) is 4.98 Å². The van der Waals surface area contributed by atoms with Crippen LogP contribution in [-0.4, -0.2) is 23.9 Å². The van der Waals surface area contributed by atoms with Crippen molar-refractivity contribution < 1.29 is 9.53 Å². The van der Waals surface area contributed by atoms with E-state index < -0.39 is 5.97 Å². The maximum absolute atomic E-state index is 11.1. The number of methoxy groups -OCH3 is 1. The van der Waals surface area contributed by atoms with Crippen molar-refractivity contribution >= 4 is 23.6 Å². The summed E-state index contributed by atoms with van der Waals surface area (Å²) >= 11 is 5.48. The van der Waals surface area contributed by atoms with E-state index in [1.807, 2.05) is 0 Å². The number of alkyl halides is 1. The van der Waals surface area contributed by atoms with Gasteiger partial charge in [0.2, 0.25) is 0 Å². The van der Waals surface area contributed by atoms with Gasteiger partial charge in [0, 0.05) is 18.3 Å². The number of hydrogen-bond donors (Lipinski definition) is 0. The fourth-order valence-electron chi connectivity index (χ4n) is 0.959. The summed E-state index contributed by atoms with van der Waals surface area (Å²) in [5.41, 5.74) is 1.26. The van der Waals surface area contributed by atoms with E-state index in [9.17, 15) is 4.79 Å². The van der Waals surface area contributed by atoms with Gasteiger partial charge in [-0.3, -0.25) is 4.98 Å². The largest absolute Gasteiger partial charge is 0.465 e. The minimum atomic E-state index is -0.390. The van der Waals surface area contributed by atoms with Crippen LogP contribution in [0.3, 0.4) is 0 Å². The first-order valence-corrected chi connectivity index (χ1v) is 4.57. The van der Waals surface area contributed by atoms with Crippen molar-refractivity contribution in [1.29, 1.82) is 0 Å². The van der Waals surface area contributed by atoms with Gasteiger partial charge in [0.15, 0.2) is 0 Å². The smallest absolute Gasteiger partial charge is 0.339 e. The molecule has 0 unspecified atom stereocenters. The molecule has 0 bridgehead atoms. The Hall–Kier alpha value is -1.35. The SMILES string of the molecule is COC(=O)c1cncc(C=CCCl)c1. The van der Waals surface area contributed by atoms with Crippen LogP contribution in [0.4, 0.5) is 0 Å². The molecule has 14 heavy (non-hydrogen) atoms. The maximum atomic E-state index is 11.1. The number of allylic oxidation sites excluding steroid dienone is 1. The highest BCUT2D eigenvalue weighted by atomic mass is 35.5. The number of halogens is 1. The van der Waals surface area contributed by atoms with Crippen molar-refractivity contribution in [2.45, 2.75) is 0 Å². The standard InChI is InChI=1S/C10H10ClNO2/c1-14-10(13)9-5-8(3-2-4-11)6-12-7-9/h2-3,5-7H,4H2,1H3. The monoisotopic (exact) mass is 211 g/mol. The molecule has 0 atom stereocenters. The molecule has 3 nitrogen and oxygen atoms in total. The van der Waals surface area contributed by atoms with E-state index in [2.05, 4.69) is 9.72 Å². The first kappa shape index (κ1) is 10.7. The van der Waals surface area contributed by atoms with Gasteiger partial charge in [0.1, 0.15) is 0 Å². The third-order valence-corrected chi connectivity index (χ3v) is 1.76. The molecule has 74 valence electrons. The molecule has 1 aromatic rings. The second kappa shape index (κ2) is 5.40. The average molecular weight is 212 g/mol. The highest BCUT2D eigenvalue weighted by molar-refractivity contribution is 6.19. The van der Waals surface area contributed by atoms with Crippen molar-refractivity contribution in [2.75, 3.05) is 13.0 Å². The number of pyridine rings is 1. The van der Waals surface area contributed by atoms with Crippen LogP contribution in [0.25, 0.3) is 6.08 Å². The molecule has 4 heteroatoms. The van der Waals surface area contributed by atoms with Gasteiger partial charge in [0.05, 0.1) is 12.7 Å². The fraction of sp³-hybridized carbons (Fsp3) is 0.200. The van der Waals surface area contributed by atoms with Crippen molar-refractivity contribution in [3.63, 3.8) is 0 Å². The summed E-state index contributed by atoms with van der Waals surface area (Å²) in [4.78, 5) is 15.0. The second-order valence-corrected chi connectivity index (χ2v) is 2.86. The summed E-state index contributed by atoms with van der Waals surface area (Å²) in [7, 11) is 1.34. The van der Waals surface area contributed by atoms with E-state index in [0.29, 0.717) is 11.4 Å². The number of rotatable bonds is 3. The van der Waals surface area contributed by atoms with Crippen LogP contribution < -0.4 is 0 Å². The maximum Gasteiger partial charge on any atom is 0.339 e. The Morgan fingerprint density at radius 3 is 3.07 bits per heavy atom. The lowest BCUT2D eigenvalue weighted by Gasteiger charge is -1.98. The van der Waals surface area contributed by atoms with E-state index >= 15 is 0 Å². The molecule has 0 spiro atoms. The molecule has 0 aromatic carbocycles. The number of esters is 1. The van der Waals surface area contributed by atoms with E-state index in [1.165, 1.54) is 13.3 Å². The van der Waals surface area contributed by atoms with Crippen LogP contribution in [0.5, 0.6) is 0 Å². The highest BCUT2D eigenvalue weighted by Gasteiger charge is 2.04. The summed E-state index contributed by atoms with van der Waals surface area (Å²) < 4.78 is 4.57. The number of ether oxygens (including phenoxy) is 1. The topological polar surface area (TPSA) is 39.2 Å². The lowest BCUT2D eigenvalue weighted by Crippen LogP contribution is -2.01. The minimum absolute atomic E-state index is 0.390. The molecule has 0 fully saturated rings. The fourth-order valence-corrected chi connectivity index (χ4v) is 1.05. The zero-order valence-electron chi connectivity index (χ0n) is 7.74. The highest BCUT2D eigenvalue weighted by Crippen LogP contribution is 2.06. The molecule has 0 N–H and O–H groups in total. The molecular formula is C10H10ClNO2. The molecule has 0 aliphatic carbocycles. The summed E-state index contributed by atoms with van der Waals surface area (Å²) in [5, 5.41) is 0. The number of hydrogen-bond acceptors (Lipinski definition) is 3. The van der Waals surface area contributed by atoms with E-state index in [0.717, 1.165) is 5.56 Å². The van der Waals surface area contributed by atoms with Gasteiger partial charge in [0.25, 0.3) is 0 Å². The number of carbonyl (C=O) groups excluding carboxylic acids is 1. The van der Waals surface area contributed by atoms with Crippen LogP contribution in [0.15, 0.2) is 24.5 Å². The van der Waals surface area contributed by atoms with Gasteiger partial charge in [-0.15, -0.1) is 11.6 Å². The van der Waals surface area contributed by atoms with Gasteiger partial charge in [-0.2, -0.15) is 0 Å². The predicted molar refractivity (Wildman–Crippen MR) is 55.3 cm³/mol. The Bertz CT molecular complexity index is 350. The molecule has 1 aromatic heterocycles. The van der Waals surface area contributed by atoms with Crippen LogP contribution in [0, 0.1) is 0 Å². The molecule has 1 rings (SSSR count). The van der Waals surface area contributed by atoms with Gasteiger partial charge < -0.3 is 4.74 Å². The molecule has 1 heterocycles. The predicted octanol–water partition coefficient (Wildman–Crippen LogP) is 2.12. The Labute approximate surface area is 87.4 Å². The quantitative estimate of drug-likeness (QED) is 0.568. The Morgan fingerprint density at radius 2 is 2.43 bits per heavy atom. The van der Waals surface area contributed by atoms with E-state index in [-0.39, 0.29) is 0 Å². The number of aromatic nitrogens is 1. The molecule has 0 amide bonds. The van der Waals surface area contributed by atoms with Crippen LogP contribution >= 0.6 is 11.6 Å². The Kier molecular flexibility index (Phi) is 4.13. The van der Waals surface area contributed by atoms with Crippen molar-refractivity contribution in [3.05, 3.63) is 35.7 Å². The molecule has 0 saturated carbocycles. The third-order valence-electron chi connectivity index (χ3n) is 1.58. The van der Waals surface area contributed by atoms with Crippen LogP contribution in [0.1, 0.15) is 15.9 Å². The summed E-state index contributed by atoms with van der Waals surface area (Å²) in [6.07, 6.45) is 6.69. The van der Waals surface area contributed by atoms with Gasteiger partial charge in [-0.25, -0.2) is 4.79 Å². The van der Waals surface area contributed by atoms with Gasteiger partial charge >= 0.3 is 5.97 Å². The average Bonchev–Trinajstić information content (AvgIpc) is 2.25. The molecule has 0 saturated heterocycles. The van der Waals surface area contributed by atoms with E-state index in [1.54, 1.807) is 24.4 Å². The first-order chi connectivity index (χ1) is 6.77. The number of carbonyl (C=O) groups is 1. The summed E-state index contributed by atoms with van der Waals surface area (Å²) in [5.74, 6) is 0.0428. The summed E-state index contributed by atoms with van der Waals surface area (Å²) in [6, 6.07) is 1.70. The zero-order chi connectivity index (χ0) is 10.4. The van der Waals surface area contributed by atoms with Crippen molar-refractivity contribution in [3.8, 4) is 0 Å². The lowest BCUT2D eigenvalue weighted by molar-refractivity contribution is 0.0600. The molecule has 0 aliphatic heterocycles. The van der Waals surface area contributed by atoms with E-state index in [4.69, 9.17) is 11.6 Å². The minimum Gasteiger partial charge on any atom is -0.465 e. The lowest BCUT2D eigenvalue weighted by atomic mass is 10.2. The van der Waals surface area contributed by atoms with Crippen LogP contribution in [-0.2, 0) is 4.74 Å². The zero-order valence-corrected chi connectivity index (χ0v) is 8.49. The Balaban J connectivity index is 2.89.